The normalized spacial score (nSPS) is 21.1. The molecule has 1 fully saturated rings. The predicted molar refractivity (Wildman–Crippen MR) is 59.4 cm³/mol. The Morgan fingerprint density at radius 3 is 2.87 bits per heavy atom. The van der Waals surface area contributed by atoms with Crippen LogP contribution in [0.25, 0.3) is 0 Å². The molecule has 1 saturated heterocycles. The van der Waals surface area contributed by atoms with Gasteiger partial charge in [-0.15, -0.1) is 5.09 Å². The third kappa shape index (κ3) is 3.54. The molecule has 0 bridgehead atoms. The summed E-state index contributed by atoms with van der Waals surface area (Å²) in [5, 5.41) is 2.54. The van der Waals surface area contributed by atoms with Crippen molar-refractivity contribution in [3.05, 3.63) is 24.5 Å². The summed E-state index contributed by atoms with van der Waals surface area (Å²) in [7, 11) is -3.72. The molecule has 83 valence electrons. The quantitative estimate of drug-likeness (QED) is 0.599. The third-order valence-electron chi connectivity index (χ3n) is 2.38. The highest BCUT2D eigenvalue weighted by atomic mass is 31.1. The van der Waals surface area contributed by atoms with Crippen molar-refractivity contribution in [3.8, 4) is 0 Å². The van der Waals surface area contributed by atoms with Gasteiger partial charge in [0.15, 0.2) is 0 Å². The van der Waals surface area contributed by atoms with Crippen LogP contribution in [0.15, 0.2) is 24.5 Å². The van der Waals surface area contributed by atoms with Crippen LogP contribution in [0, 0.1) is 0 Å². The molecule has 1 aliphatic heterocycles. The van der Waals surface area contributed by atoms with E-state index in [0.717, 1.165) is 24.5 Å². The van der Waals surface area contributed by atoms with E-state index in [1.807, 2.05) is 6.92 Å². The van der Waals surface area contributed by atoms with E-state index in [0.29, 0.717) is 5.76 Å². The monoisotopic (exact) mass is 244 g/mol. The zero-order chi connectivity index (χ0) is 11.4. The van der Waals surface area contributed by atoms with Crippen molar-refractivity contribution >= 4 is 17.2 Å². The van der Waals surface area contributed by atoms with E-state index in [4.69, 9.17) is 4.43 Å². The second kappa shape index (κ2) is 5.56. The molecule has 2 atom stereocenters. The number of allylic oxidation sites excluding steroid dienone is 1. The molecule has 1 radical (unpaired) electrons. The Hall–Kier alpha value is -0.483. The van der Waals surface area contributed by atoms with Gasteiger partial charge in [0.05, 0.1) is 11.4 Å². The van der Waals surface area contributed by atoms with Crippen LogP contribution in [-0.4, -0.2) is 14.7 Å². The largest absolute Gasteiger partial charge is 0.578 e. The first kappa shape index (κ1) is 12.6. The average Bonchev–Trinajstić information content (AvgIpc) is 2.18. The standard InChI is InChI=1S/C9H15NO3PSi/c1-4-9(10-14(11)12)15-6-5-7(2)8(3)13-15/h9H,2-6H2,1H3,(H,10,11,12). The van der Waals surface area contributed by atoms with Crippen molar-refractivity contribution in [2.24, 2.45) is 0 Å². The molecule has 0 saturated carbocycles. The molecule has 0 aromatic heterocycles. The summed E-state index contributed by atoms with van der Waals surface area (Å²) < 4.78 is 16.2. The maximum Gasteiger partial charge on any atom is 0.408 e. The van der Waals surface area contributed by atoms with E-state index in [-0.39, 0.29) is 5.67 Å². The number of hydrogen-bond donors (Lipinski definition) is 1. The molecule has 6 heteroatoms. The summed E-state index contributed by atoms with van der Waals surface area (Å²) in [4.78, 5) is 10.6. The van der Waals surface area contributed by atoms with Gasteiger partial charge in [-0.3, -0.25) is 0 Å². The van der Waals surface area contributed by atoms with Crippen LogP contribution in [0.3, 0.4) is 0 Å². The van der Waals surface area contributed by atoms with Gasteiger partial charge in [0.2, 0.25) is 0 Å². The van der Waals surface area contributed by atoms with E-state index < -0.39 is 17.2 Å². The molecule has 0 aromatic carbocycles. The lowest BCUT2D eigenvalue weighted by Crippen LogP contribution is -2.44. The van der Waals surface area contributed by atoms with Gasteiger partial charge < -0.3 is 9.32 Å². The van der Waals surface area contributed by atoms with Crippen LogP contribution < -0.4 is 9.98 Å². The molecular formula is C9H15NO3PSi. The third-order valence-corrected chi connectivity index (χ3v) is 5.73. The lowest BCUT2D eigenvalue weighted by Gasteiger charge is -2.28. The van der Waals surface area contributed by atoms with Gasteiger partial charge in [-0.25, -0.2) is 0 Å². The molecule has 1 aliphatic rings. The minimum atomic E-state index is -2.55. The minimum Gasteiger partial charge on any atom is -0.578 e. The van der Waals surface area contributed by atoms with Crippen molar-refractivity contribution in [1.82, 2.24) is 5.09 Å². The van der Waals surface area contributed by atoms with Crippen LogP contribution >= 0.6 is 8.18 Å². The van der Waals surface area contributed by atoms with Crippen molar-refractivity contribution in [1.29, 1.82) is 0 Å². The molecule has 0 spiro atoms. The fraction of sp³-hybridized carbons (Fsp3) is 0.556. The number of hydrogen-bond acceptors (Lipinski definition) is 3. The van der Waals surface area contributed by atoms with Crippen molar-refractivity contribution in [3.63, 3.8) is 0 Å². The van der Waals surface area contributed by atoms with E-state index in [1.54, 1.807) is 0 Å². The summed E-state index contributed by atoms with van der Waals surface area (Å²) in [6.45, 7) is 9.54. The molecule has 15 heavy (non-hydrogen) atoms. The average molecular weight is 244 g/mol. The first-order valence-electron chi connectivity index (χ1n) is 4.85. The number of rotatable bonds is 4. The topological polar surface area (TPSA) is 61.4 Å². The van der Waals surface area contributed by atoms with Gasteiger partial charge in [0, 0.05) is 0 Å². The van der Waals surface area contributed by atoms with Crippen LogP contribution in [0.5, 0.6) is 0 Å². The Morgan fingerprint density at radius 1 is 1.73 bits per heavy atom. The summed E-state index contributed by atoms with van der Waals surface area (Å²) in [5.74, 6) is 0.622. The molecule has 0 amide bonds. The molecular weight excluding hydrogens is 229 g/mol. The molecule has 1 N–H and O–H groups in total. The Morgan fingerprint density at radius 2 is 2.40 bits per heavy atom. The highest BCUT2D eigenvalue weighted by Gasteiger charge is 2.33. The van der Waals surface area contributed by atoms with Gasteiger partial charge in [0.1, 0.15) is 0 Å². The maximum absolute atomic E-state index is 10.6. The maximum atomic E-state index is 10.6. The SMILES string of the molecule is C=C1CC[Si](C(CC)N[P+](=O)[O-])OC1=C. The van der Waals surface area contributed by atoms with Gasteiger partial charge in [-0.2, -0.15) is 0 Å². The minimum absolute atomic E-state index is 0.0686. The van der Waals surface area contributed by atoms with Crippen molar-refractivity contribution in [2.75, 3.05) is 0 Å². The Balaban J connectivity index is 2.58. The van der Waals surface area contributed by atoms with E-state index in [1.165, 1.54) is 0 Å². The molecule has 1 heterocycles. The Bertz CT molecular complexity index is 295. The van der Waals surface area contributed by atoms with Crippen LogP contribution in [-0.2, 0) is 8.99 Å². The summed E-state index contributed by atoms with van der Waals surface area (Å²) in [5.41, 5.74) is 0.853. The van der Waals surface area contributed by atoms with E-state index in [2.05, 4.69) is 18.2 Å². The summed E-state index contributed by atoms with van der Waals surface area (Å²) in [6.07, 6.45) is 1.61. The van der Waals surface area contributed by atoms with E-state index >= 15 is 0 Å². The number of nitrogens with one attached hydrogen (secondary N) is 1. The second-order valence-electron chi connectivity index (χ2n) is 3.44. The highest BCUT2D eigenvalue weighted by Crippen LogP contribution is 2.26. The van der Waals surface area contributed by atoms with Crippen LogP contribution in [0.4, 0.5) is 0 Å². The summed E-state index contributed by atoms with van der Waals surface area (Å²) in [6, 6.07) is 0.886. The predicted octanol–water partition coefficient (Wildman–Crippen LogP) is 1.39. The van der Waals surface area contributed by atoms with Gasteiger partial charge in [0.25, 0.3) is 0 Å². The van der Waals surface area contributed by atoms with Gasteiger partial charge >= 0.3 is 17.2 Å². The first-order chi connectivity index (χ1) is 7.04. The molecule has 0 aliphatic carbocycles. The van der Waals surface area contributed by atoms with Gasteiger partial charge in [-0.1, -0.05) is 24.6 Å². The fourth-order valence-corrected chi connectivity index (χ4v) is 4.84. The zero-order valence-electron chi connectivity index (χ0n) is 8.78. The molecule has 2 unspecified atom stereocenters. The highest BCUT2D eigenvalue weighted by molar-refractivity contribution is 7.34. The van der Waals surface area contributed by atoms with Gasteiger partial charge in [-0.05, 0) is 24.5 Å². The molecule has 0 aromatic rings. The van der Waals surface area contributed by atoms with E-state index in [9.17, 15) is 9.46 Å². The molecule has 4 nitrogen and oxygen atoms in total. The van der Waals surface area contributed by atoms with Crippen molar-refractivity contribution < 1.29 is 13.9 Å². The molecule has 1 rings (SSSR count). The second-order valence-corrected chi connectivity index (χ2v) is 6.55. The Labute approximate surface area is 92.7 Å². The van der Waals surface area contributed by atoms with Crippen LogP contribution in [0.2, 0.25) is 6.04 Å². The van der Waals surface area contributed by atoms with Crippen LogP contribution in [0.1, 0.15) is 19.8 Å². The van der Waals surface area contributed by atoms with Crippen molar-refractivity contribution in [2.45, 2.75) is 31.5 Å². The summed E-state index contributed by atoms with van der Waals surface area (Å²) >= 11 is 0. The lowest BCUT2D eigenvalue weighted by molar-refractivity contribution is -0.167. The first-order valence-corrected chi connectivity index (χ1v) is 7.72. The smallest absolute Gasteiger partial charge is 0.408 e. The lowest BCUT2D eigenvalue weighted by atomic mass is 10.2. The zero-order valence-corrected chi connectivity index (χ0v) is 10.7. The fourth-order valence-electron chi connectivity index (χ4n) is 1.46. The Kier molecular flexibility index (Phi) is 4.66.